The van der Waals surface area contributed by atoms with E-state index in [1.807, 2.05) is 6.92 Å². The normalized spacial score (nSPS) is 16.3. The Hall–Kier alpha value is -2.73. The molecule has 0 saturated heterocycles. The van der Waals surface area contributed by atoms with Crippen molar-refractivity contribution >= 4 is 29.7 Å². The van der Waals surface area contributed by atoms with E-state index in [0.717, 1.165) is 0 Å². The molecule has 9 N–H and O–H groups in total. The van der Waals surface area contributed by atoms with Gasteiger partial charge in [-0.05, 0) is 37.6 Å². The molecule has 196 valence electrons. The van der Waals surface area contributed by atoms with Crippen molar-refractivity contribution in [3.8, 4) is 0 Å². The van der Waals surface area contributed by atoms with Crippen LogP contribution in [0.15, 0.2) is 0 Å². The van der Waals surface area contributed by atoms with Crippen molar-refractivity contribution in [2.24, 2.45) is 23.3 Å². The predicted octanol–water partition coefficient (Wildman–Crippen LogP) is -0.451. The Kier molecular flexibility index (Phi) is 14.7. The van der Waals surface area contributed by atoms with Crippen LogP contribution in [0, 0.1) is 11.8 Å². The molecule has 0 aromatic rings. The third kappa shape index (κ3) is 10.9. The monoisotopic (exact) mass is 487 g/mol. The molecule has 6 atom stereocenters. The summed E-state index contributed by atoms with van der Waals surface area (Å²) in [5.74, 6) is -5.36. The Morgan fingerprint density at radius 1 is 0.794 bits per heavy atom. The fraction of sp³-hybridized carbons (Fsp3) is 0.773. The first-order valence-electron chi connectivity index (χ1n) is 11.7. The second-order valence-corrected chi connectivity index (χ2v) is 8.63. The molecule has 0 heterocycles. The summed E-state index contributed by atoms with van der Waals surface area (Å²) in [6.45, 7) is 7.42. The zero-order valence-corrected chi connectivity index (χ0v) is 20.5. The standard InChI is InChI=1S/C22H41N5O7/c1-5-12(3)17(24)21(32)26-15(11-16(28)29)20(31)25-14(9-7-8-10-23)19(30)27-18(22(33)34)13(4)6-2/h12-15,17-18H,5-11,23-24H2,1-4H3,(H,25,31)(H,26,32)(H,27,30)(H,28,29)(H,33,34). The third-order valence-corrected chi connectivity index (χ3v) is 5.93. The van der Waals surface area contributed by atoms with Gasteiger partial charge in [0.05, 0.1) is 12.5 Å². The quantitative estimate of drug-likeness (QED) is 0.132. The van der Waals surface area contributed by atoms with Crippen molar-refractivity contribution in [3.63, 3.8) is 0 Å². The Labute approximate surface area is 200 Å². The number of carbonyl (C=O) groups excluding carboxylic acids is 3. The topological polar surface area (TPSA) is 214 Å². The smallest absolute Gasteiger partial charge is 0.326 e. The number of hydrogen-bond donors (Lipinski definition) is 7. The van der Waals surface area contributed by atoms with Gasteiger partial charge in [0.2, 0.25) is 17.7 Å². The number of hydrogen-bond acceptors (Lipinski definition) is 7. The predicted molar refractivity (Wildman–Crippen MR) is 125 cm³/mol. The first-order chi connectivity index (χ1) is 15.9. The number of nitrogens with two attached hydrogens (primary N) is 2. The van der Waals surface area contributed by atoms with Crippen LogP contribution in [0.5, 0.6) is 0 Å². The molecule has 0 aromatic heterocycles. The molecular formula is C22H41N5O7. The number of aliphatic carboxylic acids is 2. The Morgan fingerprint density at radius 2 is 1.32 bits per heavy atom. The van der Waals surface area contributed by atoms with Crippen molar-refractivity contribution in [1.82, 2.24) is 16.0 Å². The summed E-state index contributed by atoms with van der Waals surface area (Å²) >= 11 is 0. The van der Waals surface area contributed by atoms with Gasteiger partial charge in [-0.15, -0.1) is 0 Å². The number of rotatable bonds is 17. The summed E-state index contributed by atoms with van der Waals surface area (Å²) in [6, 6.07) is -4.70. The van der Waals surface area contributed by atoms with E-state index < -0.39 is 60.2 Å². The van der Waals surface area contributed by atoms with Gasteiger partial charge in [0.25, 0.3) is 0 Å². The molecule has 0 aliphatic rings. The van der Waals surface area contributed by atoms with Gasteiger partial charge in [-0.2, -0.15) is 0 Å². The van der Waals surface area contributed by atoms with Crippen LogP contribution in [0.4, 0.5) is 0 Å². The van der Waals surface area contributed by atoms with Gasteiger partial charge in [0.1, 0.15) is 18.1 Å². The van der Waals surface area contributed by atoms with E-state index in [9.17, 15) is 34.2 Å². The molecule has 3 amide bonds. The van der Waals surface area contributed by atoms with Crippen LogP contribution in [0.3, 0.4) is 0 Å². The average Bonchev–Trinajstić information content (AvgIpc) is 2.78. The molecule has 12 nitrogen and oxygen atoms in total. The lowest BCUT2D eigenvalue weighted by Gasteiger charge is -2.26. The maximum Gasteiger partial charge on any atom is 0.326 e. The SMILES string of the molecule is CCC(C)C(N)C(=O)NC(CC(=O)O)C(=O)NC(CCCCN)C(=O)NC(C(=O)O)C(C)CC. The molecule has 34 heavy (non-hydrogen) atoms. The van der Waals surface area contributed by atoms with Crippen LogP contribution in [0.25, 0.3) is 0 Å². The minimum atomic E-state index is -1.46. The third-order valence-electron chi connectivity index (χ3n) is 5.93. The fourth-order valence-electron chi connectivity index (χ4n) is 3.14. The minimum Gasteiger partial charge on any atom is -0.481 e. The number of unbranched alkanes of at least 4 members (excludes halogenated alkanes) is 1. The van der Waals surface area contributed by atoms with Crippen molar-refractivity contribution in [3.05, 3.63) is 0 Å². The molecule has 0 aliphatic heterocycles. The van der Waals surface area contributed by atoms with Gasteiger partial charge < -0.3 is 37.6 Å². The summed E-state index contributed by atoms with van der Waals surface area (Å²) in [5.41, 5.74) is 11.4. The lowest BCUT2D eigenvalue weighted by atomic mass is 9.98. The van der Waals surface area contributed by atoms with Crippen LogP contribution in [0.2, 0.25) is 0 Å². The van der Waals surface area contributed by atoms with Crippen LogP contribution in [-0.2, 0) is 24.0 Å². The summed E-state index contributed by atoms with van der Waals surface area (Å²) in [6.07, 6.45) is 1.57. The van der Waals surface area contributed by atoms with Gasteiger partial charge in [-0.25, -0.2) is 4.79 Å². The molecule has 0 aromatic carbocycles. The zero-order chi connectivity index (χ0) is 26.4. The number of carbonyl (C=O) groups is 5. The highest BCUT2D eigenvalue weighted by Crippen LogP contribution is 2.10. The second-order valence-electron chi connectivity index (χ2n) is 8.63. The maximum atomic E-state index is 12.9. The van der Waals surface area contributed by atoms with Gasteiger partial charge in [-0.1, -0.05) is 40.5 Å². The number of carboxylic acids is 2. The Bertz CT molecular complexity index is 703. The van der Waals surface area contributed by atoms with Gasteiger partial charge in [0, 0.05) is 0 Å². The van der Waals surface area contributed by atoms with Gasteiger partial charge in [-0.3, -0.25) is 19.2 Å². The van der Waals surface area contributed by atoms with Crippen molar-refractivity contribution < 1.29 is 34.2 Å². The highest BCUT2D eigenvalue weighted by molar-refractivity contribution is 5.95. The summed E-state index contributed by atoms with van der Waals surface area (Å²) in [5, 5.41) is 25.9. The summed E-state index contributed by atoms with van der Waals surface area (Å²) < 4.78 is 0. The number of nitrogens with one attached hydrogen (secondary N) is 3. The first kappa shape index (κ1) is 31.3. The van der Waals surface area contributed by atoms with Crippen LogP contribution in [0.1, 0.15) is 66.2 Å². The summed E-state index contributed by atoms with van der Waals surface area (Å²) in [4.78, 5) is 61.1. The van der Waals surface area contributed by atoms with Crippen molar-refractivity contribution in [2.75, 3.05) is 6.54 Å². The van der Waals surface area contributed by atoms with E-state index in [0.29, 0.717) is 32.2 Å². The highest BCUT2D eigenvalue weighted by atomic mass is 16.4. The number of amides is 3. The molecule has 0 bridgehead atoms. The van der Waals surface area contributed by atoms with E-state index in [1.165, 1.54) is 0 Å². The highest BCUT2D eigenvalue weighted by Gasteiger charge is 2.33. The molecular weight excluding hydrogens is 446 g/mol. The van der Waals surface area contributed by atoms with Gasteiger partial charge >= 0.3 is 11.9 Å². The average molecular weight is 488 g/mol. The lowest BCUT2D eigenvalue weighted by Crippen LogP contribution is -2.58. The molecule has 6 unspecified atom stereocenters. The number of carboxylic acid groups (broad SMARTS) is 2. The summed E-state index contributed by atoms with van der Waals surface area (Å²) in [7, 11) is 0. The van der Waals surface area contributed by atoms with Crippen LogP contribution >= 0.6 is 0 Å². The molecule has 0 aliphatic carbocycles. The molecule has 12 heteroatoms. The maximum absolute atomic E-state index is 12.9. The van der Waals surface area contributed by atoms with E-state index in [1.54, 1.807) is 20.8 Å². The molecule has 0 saturated carbocycles. The van der Waals surface area contributed by atoms with Crippen molar-refractivity contribution in [1.29, 1.82) is 0 Å². The van der Waals surface area contributed by atoms with Crippen LogP contribution < -0.4 is 27.4 Å². The van der Waals surface area contributed by atoms with Gasteiger partial charge in [0.15, 0.2) is 0 Å². The molecule has 0 radical (unpaired) electrons. The minimum absolute atomic E-state index is 0.155. The van der Waals surface area contributed by atoms with E-state index in [-0.39, 0.29) is 18.3 Å². The molecule has 0 rings (SSSR count). The largest absolute Gasteiger partial charge is 0.481 e. The lowest BCUT2D eigenvalue weighted by molar-refractivity contribution is -0.144. The Balaban J connectivity index is 5.61. The van der Waals surface area contributed by atoms with E-state index >= 15 is 0 Å². The first-order valence-corrected chi connectivity index (χ1v) is 11.7. The van der Waals surface area contributed by atoms with Crippen molar-refractivity contribution in [2.45, 2.75) is 90.4 Å². The Morgan fingerprint density at radius 3 is 1.79 bits per heavy atom. The zero-order valence-electron chi connectivity index (χ0n) is 20.5. The van der Waals surface area contributed by atoms with E-state index in [4.69, 9.17) is 11.5 Å². The fourth-order valence-corrected chi connectivity index (χ4v) is 3.14. The van der Waals surface area contributed by atoms with Crippen LogP contribution in [-0.4, -0.2) is 70.6 Å². The molecule has 0 fully saturated rings. The second kappa shape index (κ2) is 16.0. The van der Waals surface area contributed by atoms with E-state index in [2.05, 4.69) is 16.0 Å². The molecule has 0 spiro atoms.